The minimum absolute atomic E-state index is 0.156. The van der Waals surface area contributed by atoms with Gasteiger partial charge in [-0.25, -0.2) is 27.9 Å². The molecule has 0 unspecified atom stereocenters. The van der Waals surface area contributed by atoms with E-state index in [1.165, 1.54) is 25.4 Å². The van der Waals surface area contributed by atoms with Gasteiger partial charge in [-0.2, -0.15) is 0 Å². The molecule has 33 heavy (non-hydrogen) atoms. The van der Waals surface area contributed by atoms with Crippen LogP contribution in [0.5, 0.6) is 0 Å². The number of aromatic nitrogens is 2. The highest BCUT2D eigenvalue weighted by molar-refractivity contribution is 7.89. The normalized spacial score (nSPS) is 11.2. The molecule has 2 N–H and O–H groups in total. The fraction of sp³-hybridized carbons (Fsp3) is 0.261. The molecule has 0 atom stereocenters. The molecular weight excluding hydrogens is 444 g/mol. The average molecular weight is 471 g/mol. The van der Waals surface area contributed by atoms with Crippen molar-refractivity contribution < 1.29 is 22.7 Å². The smallest absolute Gasteiger partial charge is 0.343 e. The van der Waals surface area contributed by atoms with Crippen molar-refractivity contribution in [3.05, 3.63) is 71.9 Å². The quantitative estimate of drug-likeness (QED) is 0.324. The Labute approximate surface area is 193 Å². The van der Waals surface area contributed by atoms with Crippen LogP contribution in [0.3, 0.4) is 0 Å². The molecule has 2 aromatic carbocycles. The van der Waals surface area contributed by atoms with Crippen LogP contribution in [0.25, 0.3) is 11.4 Å². The van der Waals surface area contributed by atoms with Crippen LogP contribution in [0.1, 0.15) is 22.8 Å². The molecule has 0 bridgehead atoms. The molecular formula is C23H26N4O5S. The number of nitrogens with zero attached hydrogens (tertiary/aromatic N) is 2. The zero-order chi connectivity index (χ0) is 23.7. The van der Waals surface area contributed by atoms with Crippen LogP contribution < -0.4 is 10.0 Å². The molecule has 174 valence electrons. The van der Waals surface area contributed by atoms with Crippen molar-refractivity contribution in [3.63, 3.8) is 0 Å². The van der Waals surface area contributed by atoms with Gasteiger partial charge in [-0.1, -0.05) is 42.5 Å². The number of hydrogen-bond donors (Lipinski definition) is 2. The lowest BCUT2D eigenvalue weighted by Gasteiger charge is -2.12. The van der Waals surface area contributed by atoms with Crippen molar-refractivity contribution in [2.45, 2.75) is 18.4 Å². The summed E-state index contributed by atoms with van der Waals surface area (Å²) < 4.78 is 37.1. The molecule has 10 heteroatoms. The Morgan fingerprint density at radius 2 is 1.79 bits per heavy atom. The lowest BCUT2D eigenvalue weighted by atomic mass is 10.2. The molecule has 0 aliphatic rings. The van der Waals surface area contributed by atoms with Crippen LogP contribution in [-0.2, 0) is 26.0 Å². The van der Waals surface area contributed by atoms with Crippen molar-refractivity contribution in [1.82, 2.24) is 14.7 Å². The Morgan fingerprint density at radius 1 is 1.06 bits per heavy atom. The summed E-state index contributed by atoms with van der Waals surface area (Å²) in [6.45, 7) is 2.75. The molecule has 3 aromatic rings. The summed E-state index contributed by atoms with van der Waals surface area (Å²) in [7, 11) is -2.11. The fourth-order valence-corrected chi connectivity index (χ4v) is 3.95. The van der Waals surface area contributed by atoms with E-state index in [9.17, 15) is 13.2 Å². The maximum Gasteiger partial charge on any atom is 0.343 e. The van der Waals surface area contributed by atoms with Crippen molar-refractivity contribution in [3.8, 4) is 11.4 Å². The van der Waals surface area contributed by atoms with Gasteiger partial charge in [-0.3, -0.25) is 0 Å². The number of ether oxygens (including phenoxy) is 2. The van der Waals surface area contributed by atoms with E-state index >= 15 is 0 Å². The summed E-state index contributed by atoms with van der Waals surface area (Å²) in [6, 6.07) is 15.8. The largest absolute Gasteiger partial charge is 0.462 e. The molecule has 0 saturated heterocycles. The predicted octanol–water partition coefficient (Wildman–Crippen LogP) is 2.86. The second-order valence-electron chi connectivity index (χ2n) is 6.93. The number of esters is 1. The molecule has 0 aliphatic carbocycles. The van der Waals surface area contributed by atoms with Crippen LogP contribution in [0, 0.1) is 0 Å². The monoisotopic (exact) mass is 470 g/mol. The topological polar surface area (TPSA) is 120 Å². The van der Waals surface area contributed by atoms with Gasteiger partial charge >= 0.3 is 5.97 Å². The van der Waals surface area contributed by atoms with Crippen LogP contribution in [0.2, 0.25) is 0 Å². The molecule has 1 aromatic heterocycles. The Kier molecular flexibility index (Phi) is 8.47. The number of sulfonamides is 1. The summed E-state index contributed by atoms with van der Waals surface area (Å²) in [5.74, 6) is 0.276. The van der Waals surface area contributed by atoms with Crippen molar-refractivity contribution in [1.29, 1.82) is 0 Å². The van der Waals surface area contributed by atoms with Gasteiger partial charge in [0.2, 0.25) is 10.0 Å². The number of carbonyl (C=O) groups excluding carboxylic acids is 1. The van der Waals surface area contributed by atoms with Crippen molar-refractivity contribution >= 4 is 21.8 Å². The number of carbonyl (C=O) groups is 1. The molecule has 0 aliphatic heterocycles. The molecule has 0 saturated carbocycles. The van der Waals surface area contributed by atoms with Crippen molar-refractivity contribution in [2.75, 3.05) is 32.2 Å². The number of methoxy groups -OCH3 is 1. The highest BCUT2D eigenvalue weighted by atomic mass is 32.2. The Balaban J connectivity index is 1.78. The van der Waals surface area contributed by atoms with Gasteiger partial charge in [-0.05, 0) is 24.6 Å². The summed E-state index contributed by atoms with van der Waals surface area (Å²) in [5.41, 5.74) is 1.84. The first-order valence-corrected chi connectivity index (χ1v) is 11.8. The molecule has 0 radical (unpaired) electrons. The SMILES string of the molecule is CCOC(=O)c1cnc(-c2ccccc2)nc1NCc1ccc(S(=O)(=O)NCCOC)cc1. The van der Waals surface area contributed by atoms with E-state index in [0.717, 1.165) is 11.1 Å². The fourth-order valence-electron chi connectivity index (χ4n) is 2.93. The third-order valence-corrected chi connectivity index (χ3v) is 6.08. The molecule has 9 nitrogen and oxygen atoms in total. The summed E-state index contributed by atoms with van der Waals surface area (Å²) in [6.07, 6.45) is 1.44. The highest BCUT2D eigenvalue weighted by Gasteiger charge is 2.17. The number of rotatable bonds is 11. The van der Waals surface area contributed by atoms with Gasteiger partial charge in [0.1, 0.15) is 11.4 Å². The van der Waals surface area contributed by atoms with Gasteiger partial charge in [0.15, 0.2) is 5.82 Å². The predicted molar refractivity (Wildman–Crippen MR) is 124 cm³/mol. The maximum atomic E-state index is 12.4. The second kappa shape index (κ2) is 11.5. The van der Waals surface area contributed by atoms with Crippen LogP contribution in [0.15, 0.2) is 65.7 Å². The summed E-state index contributed by atoms with van der Waals surface area (Å²) >= 11 is 0. The zero-order valence-corrected chi connectivity index (χ0v) is 19.3. The first-order valence-electron chi connectivity index (χ1n) is 10.4. The van der Waals surface area contributed by atoms with Crippen LogP contribution in [0.4, 0.5) is 5.82 Å². The molecule has 0 amide bonds. The van der Waals surface area contributed by atoms with Crippen LogP contribution in [-0.4, -0.2) is 51.2 Å². The molecule has 3 rings (SSSR count). The Bertz CT molecular complexity index is 1170. The Morgan fingerprint density at radius 3 is 2.45 bits per heavy atom. The lowest BCUT2D eigenvalue weighted by Crippen LogP contribution is -2.27. The third kappa shape index (κ3) is 6.58. The minimum atomic E-state index is -3.61. The van der Waals surface area contributed by atoms with Gasteiger partial charge in [0.25, 0.3) is 0 Å². The number of hydrogen-bond acceptors (Lipinski definition) is 8. The first kappa shape index (κ1) is 24.3. The van der Waals surface area contributed by atoms with E-state index in [1.54, 1.807) is 19.1 Å². The van der Waals surface area contributed by atoms with E-state index in [2.05, 4.69) is 20.0 Å². The van der Waals surface area contributed by atoms with Gasteiger partial charge in [-0.15, -0.1) is 0 Å². The molecule has 0 fully saturated rings. The van der Waals surface area contributed by atoms with Crippen LogP contribution >= 0.6 is 0 Å². The van der Waals surface area contributed by atoms with E-state index in [0.29, 0.717) is 18.2 Å². The summed E-state index contributed by atoms with van der Waals surface area (Å²) in [4.78, 5) is 21.3. The number of benzene rings is 2. The lowest BCUT2D eigenvalue weighted by molar-refractivity contribution is 0.0526. The standard InChI is InChI=1S/C23H26N4O5S/c1-3-32-23(28)20-16-25-21(18-7-5-4-6-8-18)27-22(20)24-15-17-9-11-19(12-10-17)33(29,30)26-13-14-31-2/h4-12,16,26H,3,13-15H2,1-2H3,(H,24,25,27). The van der Waals surface area contributed by atoms with Gasteiger partial charge in [0, 0.05) is 32.0 Å². The Hall–Kier alpha value is -3.34. The van der Waals surface area contributed by atoms with E-state index in [4.69, 9.17) is 9.47 Å². The van der Waals surface area contributed by atoms with Gasteiger partial charge in [0.05, 0.1) is 18.1 Å². The third-order valence-electron chi connectivity index (χ3n) is 4.61. The van der Waals surface area contributed by atoms with E-state index < -0.39 is 16.0 Å². The van der Waals surface area contributed by atoms with Crippen molar-refractivity contribution in [2.24, 2.45) is 0 Å². The second-order valence-corrected chi connectivity index (χ2v) is 8.70. The first-order chi connectivity index (χ1) is 15.9. The number of nitrogens with one attached hydrogen (secondary N) is 2. The minimum Gasteiger partial charge on any atom is -0.462 e. The molecule has 1 heterocycles. The zero-order valence-electron chi connectivity index (χ0n) is 18.4. The molecule has 0 spiro atoms. The van der Waals surface area contributed by atoms with E-state index in [1.807, 2.05) is 30.3 Å². The van der Waals surface area contributed by atoms with E-state index in [-0.39, 0.29) is 30.2 Å². The maximum absolute atomic E-state index is 12.4. The summed E-state index contributed by atoms with van der Waals surface area (Å²) in [5, 5.41) is 3.15. The average Bonchev–Trinajstić information content (AvgIpc) is 2.83. The highest BCUT2D eigenvalue weighted by Crippen LogP contribution is 2.21. The number of anilines is 1. The van der Waals surface area contributed by atoms with Gasteiger partial charge < -0.3 is 14.8 Å².